The SMILES string of the molecule is O=C(Nc1ccc(-c2ccccc2)cc1)c1cccc(N2CCCS2(=O)=O)c1. The van der Waals surface area contributed by atoms with Crippen molar-refractivity contribution in [1.82, 2.24) is 0 Å². The molecule has 1 amide bonds. The van der Waals surface area contributed by atoms with Gasteiger partial charge in [0.05, 0.1) is 11.4 Å². The summed E-state index contributed by atoms with van der Waals surface area (Å²) in [5, 5.41) is 2.87. The molecule has 0 spiro atoms. The Kier molecular flexibility index (Phi) is 4.88. The Morgan fingerprint density at radius 2 is 1.57 bits per heavy atom. The van der Waals surface area contributed by atoms with Crippen molar-refractivity contribution in [2.24, 2.45) is 0 Å². The van der Waals surface area contributed by atoms with Crippen LogP contribution in [0.25, 0.3) is 11.1 Å². The van der Waals surface area contributed by atoms with Gasteiger partial charge in [0.25, 0.3) is 5.91 Å². The highest BCUT2D eigenvalue weighted by molar-refractivity contribution is 7.93. The van der Waals surface area contributed by atoms with Gasteiger partial charge in [0, 0.05) is 17.8 Å². The Morgan fingerprint density at radius 3 is 2.25 bits per heavy atom. The van der Waals surface area contributed by atoms with E-state index in [0.717, 1.165) is 11.1 Å². The topological polar surface area (TPSA) is 66.5 Å². The van der Waals surface area contributed by atoms with Gasteiger partial charge >= 0.3 is 0 Å². The molecule has 0 aromatic heterocycles. The second-order valence-electron chi connectivity index (χ2n) is 6.69. The highest BCUT2D eigenvalue weighted by Crippen LogP contribution is 2.25. The number of nitrogens with one attached hydrogen (secondary N) is 1. The van der Waals surface area contributed by atoms with Crippen LogP contribution < -0.4 is 9.62 Å². The van der Waals surface area contributed by atoms with Crippen LogP contribution in [0.4, 0.5) is 11.4 Å². The summed E-state index contributed by atoms with van der Waals surface area (Å²) >= 11 is 0. The molecule has 0 aliphatic carbocycles. The fraction of sp³-hybridized carbons (Fsp3) is 0.136. The Balaban J connectivity index is 1.50. The first-order valence-electron chi connectivity index (χ1n) is 9.10. The van der Waals surface area contributed by atoms with Gasteiger partial charge in [0.2, 0.25) is 10.0 Å². The van der Waals surface area contributed by atoms with E-state index >= 15 is 0 Å². The van der Waals surface area contributed by atoms with Gasteiger partial charge in [0.15, 0.2) is 0 Å². The van der Waals surface area contributed by atoms with Gasteiger partial charge in [-0.3, -0.25) is 9.10 Å². The third-order valence-corrected chi connectivity index (χ3v) is 6.62. The third-order valence-electron chi connectivity index (χ3n) is 4.75. The molecule has 6 heteroatoms. The first-order valence-corrected chi connectivity index (χ1v) is 10.7. The zero-order valence-corrected chi connectivity index (χ0v) is 16.0. The number of sulfonamides is 1. The van der Waals surface area contributed by atoms with Crippen LogP contribution in [0.5, 0.6) is 0 Å². The highest BCUT2D eigenvalue weighted by atomic mass is 32.2. The van der Waals surface area contributed by atoms with Crippen molar-refractivity contribution in [1.29, 1.82) is 0 Å². The lowest BCUT2D eigenvalue weighted by atomic mass is 10.1. The van der Waals surface area contributed by atoms with Gasteiger partial charge in [-0.25, -0.2) is 8.42 Å². The molecular weight excluding hydrogens is 372 g/mol. The molecule has 1 heterocycles. The summed E-state index contributed by atoms with van der Waals surface area (Å²) in [4.78, 5) is 12.6. The van der Waals surface area contributed by atoms with E-state index in [1.54, 1.807) is 24.3 Å². The van der Waals surface area contributed by atoms with Crippen molar-refractivity contribution in [3.05, 3.63) is 84.4 Å². The zero-order valence-electron chi connectivity index (χ0n) is 15.2. The van der Waals surface area contributed by atoms with Crippen molar-refractivity contribution < 1.29 is 13.2 Å². The predicted octanol–water partition coefficient (Wildman–Crippen LogP) is 4.15. The van der Waals surface area contributed by atoms with Crippen molar-refractivity contribution >= 4 is 27.3 Å². The molecule has 0 unspecified atom stereocenters. The molecular formula is C22H20N2O3S. The second kappa shape index (κ2) is 7.48. The van der Waals surface area contributed by atoms with E-state index in [-0.39, 0.29) is 11.7 Å². The number of carbonyl (C=O) groups excluding carboxylic acids is 1. The van der Waals surface area contributed by atoms with Gasteiger partial charge in [-0.2, -0.15) is 0 Å². The molecule has 1 saturated heterocycles. The molecule has 4 rings (SSSR count). The molecule has 3 aromatic carbocycles. The molecule has 5 nitrogen and oxygen atoms in total. The lowest BCUT2D eigenvalue weighted by molar-refractivity contribution is 0.102. The van der Waals surface area contributed by atoms with Crippen LogP contribution in [0.2, 0.25) is 0 Å². The Morgan fingerprint density at radius 1 is 0.857 bits per heavy atom. The standard InChI is InChI=1S/C22H20N2O3S/c25-22(19-8-4-9-21(16-19)24-14-5-15-28(24,26)27)23-20-12-10-18(11-13-20)17-6-2-1-3-7-17/h1-4,6-13,16H,5,14-15H2,(H,23,25). The minimum Gasteiger partial charge on any atom is -0.322 e. The molecule has 1 aliphatic rings. The Labute approximate surface area is 164 Å². The molecule has 28 heavy (non-hydrogen) atoms. The molecule has 3 aromatic rings. The monoisotopic (exact) mass is 392 g/mol. The number of anilines is 2. The molecule has 0 radical (unpaired) electrons. The second-order valence-corrected chi connectivity index (χ2v) is 8.70. The van der Waals surface area contributed by atoms with Gasteiger partial charge in [-0.15, -0.1) is 0 Å². The number of rotatable bonds is 4. The maximum absolute atomic E-state index is 12.6. The molecule has 0 saturated carbocycles. The van der Waals surface area contributed by atoms with Crippen LogP contribution in [0.15, 0.2) is 78.9 Å². The van der Waals surface area contributed by atoms with Gasteiger partial charge in [-0.1, -0.05) is 48.5 Å². The van der Waals surface area contributed by atoms with E-state index in [2.05, 4.69) is 5.32 Å². The molecule has 1 aliphatic heterocycles. The van der Waals surface area contributed by atoms with Crippen molar-refractivity contribution in [3.63, 3.8) is 0 Å². The third kappa shape index (κ3) is 3.77. The summed E-state index contributed by atoms with van der Waals surface area (Å²) < 4.78 is 25.6. The minimum atomic E-state index is -3.27. The highest BCUT2D eigenvalue weighted by Gasteiger charge is 2.28. The Bertz CT molecular complexity index is 1090. The first-order chi connectivity index (χ1) is 13.5. The van der Waals surface area contributed by atoms with E-state index < -0.39 is 10.0 Å². The summed E-state index contributed by atoms with van der Waals surface area (Å²) in [5.41, 5.74) is 3.82. The van der Waals surface area contributed by atoms with E-state index in [9.17, 15) is 13.2 Å². The summed E-state index contributed by atoms with van der Waals surface area (Å²) in [6.45, 7) is 0.453. The van der Waals surface area contributed by atoms with Crippen LogP contribution >= 0.6 is 0 Å². The van der Waals surface area contributed by atoms with Crippen LogP contribution in [0.3, 0.4) is 0 Å². The molecule has 1 fully saturated rings. The first kappa shape index (κ1) is 18.3. The van der Waals surface area contributed by atoms with Crippen LogP contribution in [0.1, 0.15) is 16.8 Å². The smallest absolute Gasteiger partial charge is 0.255 e. The number of hydrogen-bond donors (Lipinski definition) is 1. The van der Waals surface area contributed by atoms with Gasteiger partial charge < -0.3 is 5.32 Å². The molecule has 0 bridgehead atoms. The number of nitrogens with zero attached hydrogens (tertiary/aromatic N) is 1. The Hall–Kier alpha value is -3.12. The average molecular weight is 392 g/mol. The van der Waals surface area contributed by atoms with Crippen molar-refractivity contribution in [2.45, 2.75) is 6.42 Å². The number of hydrogen-bond acceptors (Lipinski definition) is 3. The predicted molar refractivity (Wildman–Crippen MR) is 112 cm³/mol. The lowest BCUT2D eigenvalue weighted by Gasteiger charge is -2.17. The molecule has 1 N–H and O–H groups in total. The zero-order chi connectivity index (χ0) is 19.6. The minimum absolute atomic E-state index is 0.150. The average Bonchev–Trinajstić information content (AvgIpc) is 3.08. The van der Waals surface area contributed by atoms with E-state index in [1.807, 2.05) is 54.6 Å². The summed E-state index contributed by atoms with van der Waals surface area (Å²) in [6, 6.07) is 24.4. The molecule has 0 atom stereocenters. The van der Waals surface area contributed by atoms with E-state index in [1.165, 1.54) is 4.31 Å². The maximum atomic E-state index is 12.6. The molecule has 142 valence electrons. The number of benzene rings is 3. The van der Waals surface area contributed by atoms with E-state index in [4.69, 9.17) is 0 Å². The van der Waals surface area contributed by atoms with Crippen molar-refractivity contribution in [3.8, 4) is 11.1 Å². The van der Waals surface area contributed by atoms with Crippen LogP contribution in [-0.4, -0.2) is 26.6 Å². The van der Waals surface area contributed by atoms with Gasteiger partial charge in [0.1, 0.15) is 0 Å². The summed E-state index contributed by atoms with van der Waals surface area (Å²) in [5.74, 6) is -0.122. The largest absolute Gasteiger partial charge is 0.322 e. The summed E-state index contributed by atoms with van der Waals surface area (Å²) in [6.07, 6.45) is 0.604. The lowest BCUT2D eigenvalue weighted by Crippen LogP contribution is -2.25. The number of amides is 1. The van der Waals surface area contributed by atoms with Crippen LogP contribution in [-0.2, 0) is 10.0 Å². The fourth-order valence-electron chi connectivity index (χ4n) is 3.31. The van der Waals surface area contributed by atoms with Crippen LogP contribution in [0, 0.1) is 0 Å². The van der Waals surface area contributed by atoms with E-state index in [0.29, 0.717) is 29.9 Å². The van der Waals surface area contributed by atoms with Crippen molar-refractivity contribution in [2.75, 3.05) is 21.9 Å². The number of carbonyl (C=O) groups is 1. The normalized spacial score (nSPS) is 15.4. The fourth-order valence-corrected chi connectivity index (χ4v) is 4.87. The van der Waals surface area contributed by atoms with Gasteiger partial charge in [-0.05, 0) is 47.9 Å². The summed E-state index contributed by atoms with van der Waals surface area (Å²) in [7, 11) is -3.27. The maximum Gasteiger partial charge on any atom is 0.255 e. The quantitative estimate of drug-likeness (QED) is 0.725.